The third-order valence-corrected chi connectivity index (χ3v) is 3.29. The van der Waals surface area contributed by atoms with Crippen LogP contribution in [0.5, 0.6) is 5.75 Å². The maximum atomic E-state index is 12.4. The van der Waals surface area contributed by atoms with E-state index in [4.69, 9.17) is 10.5 Å². The minimum absolute atomic E-state index is 0.0935. The summed E-state index contributed by atoms with van der Waals surface area (Å²) in [6.45, 7) is 1.66. The molecule has 2 N–H and O–H groups in total. The van der Waals surface area contributed by atoms with E-state index in [1.807, 2.05) is 0 Å². The highest BCUT2D eigenvalue weighted by atomic mass is 127. The van der Waals surface area contributed by atoms with Crippen LogP contribution in [0.4, 0.5) is 13.2 Å². The van der Waals surface area contributed by atoms with E-state index in [1.165, 1.54) is 0 Å². The largest absolute Gasteiger partial charge is 0.573 e. The maximum Gasteiger partial charge on any atom is 0.573 e. The Morgan fingerprint density at radius 3 is 2.65 bits per heavy atom. The average Bonchev–Trinajstić information content (AvgIpc) is 2.33. The third-order valence-electron chi connectivity index (χ3n) is 2.18. The van der Waals surface area contributed by atoms with Crippen LogP contribution in [0.3, 0.4) is 0 Å². The molecule has 5 nitrogen and oxygen atoms in total. The summed E-state index contributed by atoms with van der Waals surface area (Å²) in [5, 5.41) is 0. The van der Waals surface area contributed by atoms with Gasteiger partial charge in [0.25, 0.3) is 0 Å². The molecule has 0 aromatic carbocycles. The van der Waals surface area contributed by atoms with E-state index in [-0.39, 0.29) is 34.4 Å². The Morgan fingerprint density at radius 2 is 2.15 bits per heavy atom. The fourth-order valence-corrected chi connectivity index (χ4v) is 2.17. The lowest BCUT2D eigenvalue weighted by Crippen LogP contribution is -2.21. The molecule has 0 radical (unpaired) electrons. The number of nitrogens with zero attached hydrogens (tertiary/aromatic N) is 1. The zero-order valence-corrected chi connectivity index (χ0v) is 12.6. The van der Waals surface area contributed by atoms with Gasteiger partial charge in [-0.1, -0.05) is 0 Å². The highest BCUT2D eigenvalue weighted by molar-refractivity contribution is 14.1. The Labute approximate surface area is 126 Å². The van der Waals surface area contributed by atoms with E-state index >= 15 is 0 Å². The van der Waals surface area contributed by atoms with Gasteiger partial charge in [0.15, 0.2) is 5.75 Å². The van der Waals surface area contributed by atoms with E-state index in [0.29, 0.717) is 0 Å². The molecular formula is C11H12F3IN2O3. The number of rotatable bonds is 5. The van der Waals surface area contributed by atoms with Gasteiger partial charge >= 0.3 is 12.3 Å². The van der Waals surface area contributed by atoms with Gasteiger partial charge in [-0.05, 0) is 29.5 Å². The first-order valence-electron chi connectivity index (χ1n) is 5.56. The highest BCUT2D eigenvalue weighted by Gasteiger charge is 2.33. The number of ether oxygens (including phenoxy) is 2. The molecule has 0 amide bonds. The highest BCUT2D eigenvalue weighted by Crippen LogP contribution is 2.32. The smallest absolute Gasteiger partial charge is 0.466 e. The van der Waals surface area contributed by atoms with Crippen LogP contribution < -0.4 is 10.5 Å². The second kappa shape index (κ2) is 7.07. The number of pyridine rings is 1. The van der Waals surface area contributed by atoms with Crippen LogP contribution in [-0.2, 0) is 22.5 Å². The van der Waals surface area contributed by atoms with Gasteiger partial charge in [-0.25, -0.2) is 0 Å². The number of nitrogens with two attached hydrogens (primary N) is 1. The zero-order valence-electron chi connectivity index (χ0n) is 10.5. The molecule has 0 unspecified atom stereocenters. The molecule has 0 aliphatic rings. The van der Waals surface area contributed by atoms with E-state index in [2.05, 4.69) is 9.72 Å². The standard InChI is InChI=1S/C11H12F3IN2O3/c1-2-19-8(18)3-7-9(15)10(20-11(12,13)14)6(4-16)5-17-7/h5H,2-4,16H2,1H3. The SMILES string of the molecule is CCOC(=O)Cc1ncc(CN)c(OC(F)(F)F)c1I. The molecule has 0 aliphatic heterocycles. The van der Waals surface area contributed by atoms with Gasteiger partial charge < -0.3 is 15.2 Å². The molecule has 0 atom stereocenters. The summed E-state index contributed by atoms with van der Waals surface area (Å²) in [5.74, 6) is -0.994. The third kappa shape index (κ3) is 4.78. The lowest BCUT2D eigenvalue weighted by Gasteiger charge is -2.15. The molecule has 0 aliphatic carbocycles. The molecule has 1 rings (SSSR count). The van der Waals surface area contributed by atoms with Crippen LogP contribution in [0.1, 0.15) is 18.2 Å². The van der Waals surface area contributed by atoms with E-state index in [1.54, 1.807) is 29.5 Å². The van der Waals surface area contributed by atoms with Crippen LogP contribution >= 0.6 is 22.6 Å². The fourth-order valence-electron chi connectivity index (χ4n) is 1.39. The Balaban J connectivity index is 3.11. The van der Waals surface area contributed by atoms with Gasteiger partial charge in [0.1, 0.15) is 0 Å². The van der Waals surface area contributed by atoms with E-state index in [0.717, 1.165) is 6.20 Å². The summed E-state index contributed by atoms with van der Waals surface area (Å²) < 4.78 is 45.9. The summed E-state index contributed by atoms with van der Waals surface area (Å²) in [7, 11) is 0. The van der Waals surface area contributed by atoms with Crippen molar-refractivity contribution in [2.45, 2.75) is 26.3 Å². The first kappa shape index (κ1) is 17.0. The van der Waals surface area contributed by atoms with E-state index in [9.17, 15) is 18.0 Å². The van der Waals surface area contributed by atoms with Crippen LogP contribution in [0, 0.1) is 3.57 Å². The monoisotopic (exact) mass is 404 g/mol. The lowest BCUT2D eigenvalue weighted by molar-refractivity contribution is -0.275. The predicted octanol–water partition coefficient (Wildman–Crippen LogP) is 2.15. The Morgan fingerprint density at radius 1 is 1.50 bits per heavy atom. The fraction of sp³-hybridized carbons (Fsp3) is 0.455. The van der Waals surface area contributed by atoms with Gasteiger partial charge in [-0.15, -0.1) is 13.2 Å². The van der Waals surface area contributed by atoms with Crippen molar-refractivity contribution in [2.75, 3.05) is 6.61 Å². The predicted molar refractivity (Wildman–Crippen MR) is 71.9 cm³/mol. The van der Waals surface area contributed by atoms with Crippen LogP contribution in [0.2, 0.25) is 0 Å². The molecule has 0 fully saturated rings. The topological polar surface area (TPSA) is 74.4 Å². The van der Waals surface area contributed by atoms with E-state index < -0.39 is 18.1 Å². The van der Waals surface area contributed by atoms with Crippen molar-refractivity contribution in [3.63, 3.8) is 0 Å². The summed E-state index contributed by atoms with van der Waals surface area (Å²) in [5.41, 5.74) is 5.62. The molecule has 9 heteroatoms. The number of halogens is 4. The molecule has 1 aromatic rings. The van der Waals surface area contributed by atoms with Crippen molar-refractivity contribution < 1.29 is 27.4 Å². The second-order valence-corrected chi connectivity index (χ2v) is 4.69. The van der Waals surface area contributed by atoms with Gasteiger partial charge in [-0.3, -0.25) is 9.78 Å². The first-order chi connectivity index (χ1) is 9.28. The number of carbonyl (C=O) groups is 1. The van der Waals surface area contributed by atoms with Crippen LogP contribution in [-0.4, -0.2) is 23.9 Å². The Hall–Kier alpha value is -1.10. The lowest BCUT2D eigenvalue weighted by atomic mass is 10.2. The van der Waals surface area contributed by atoms with Crippen LogP contribution in [0.15, 0.2) is 6.20 Å². The minimum Gasteiger partial charge on any atom is -0.466 e. The summed E-state index contributed by atoms with van der Waals surface area (Å²) in [6, 6.07) is 0. The molecule has 0 bridgehead atoms. The normalized spacial score (nSPS) is 11.3. The van der Waals surface area contributed by atoms with Crippen molar-refractivity contribution in [3.05, 3.63) is 21.0 Å². The molecule has 0 saturated carbocycles. The molecule has 1 heterocycles. The Bertz CT molecular complexity index is 495. The van der Waals surface area contributed by atoms with Gasteiger partial charge in [0, 0.05) is 18.3 Å². The average molecular weight is 404 g/mol. The van der Waals surface area contributed by atoms with Crippen molar-refractivity contribution in [1.82, 2.24) is 4.98 Å². The van der Waals surface area contributed by atoms with Crippen molar-refractivity contribution in [2.24, 2.45) is 5.73 Å². The molecule has 20 heavy (non-hydrogen) atoms. The number of aromatic nitrogens is 1. The minimum atomic E-state index is -4.84. The maximum absolute atomic E-state index is 12.4. The van der Waals surface area contributed by atoms with Crippen LogP contribution in [0.25, 0.3) is 0 Å². The molecule has 112 valence electrons. The van der Waals surface area contributed by atoms with Gasteiger partial charge in [0.2, 0.25) is 0 Å². The summed E-state index contributed by atoms with van der Waals surface area (Å²) in [6.07, 6.45) is -3.91. The number of esters is 1. The summed E-state index contributed by atoms with van der Waals surface area (Å²) in [4.78, 5) is 15.3. The number of carbonyl (C=O) groups excluding carboxylic acids is 1. The summed E-state index contributed by atoms with van der Waals surface area (Å²) >= 11 is 1.64. The number of hydrogen-bond donors (Lipinski definition) is 1. The quantitative estimate of drug-likeness (QED) is 0.602. The van der Waals surface area contributed by atoms with Crippen molar-refractivity contribution >= 4 is 28.6 Å². The number of alkyl halides is 3. The molecular weight excluding hydrogens is 392 g/mol. The second-order valence-electron chi connectivity index (χ2n) is 3.61. The van der Waals surface area contributed by atoms with Gasteiger partial charge in [0.05, 0.1) is 22.3 Å². The van der Waals surface area contributed by atoms with Gasteiger partial charge in [-0.2, -0.15) is 0 Å². The molecule has 0 spiro atoms. The zero-order chi connectivity index (χ0) is 15.3. The van der Waals surface area contributed by atoms with Crippen molar-refractivity contribution in [3.8, 4) is 5.75 Å². The molecule has 0 saturated heterocycles. The Kier molecular flexibility index (Phi) is 5.99. The molecule has 1 aromatic heterocycles. The first-order valence-corrected chi connectivity index (χ1v) is 6.64. The van der Waals surface area contributed by atoms with Crippen molar-refractivity contribution in [1.29, 1.82) is 0 Å². The number of hydrogen-bond acceptors (Lipinski definition) is 5.